The van der Waals surface area contributed by atoms with Crippen LogP contribution in [-0.4, -0.2) is 55.1 Å². The highest BCUT2D eigenvalue weighted by molar-refractivity contribution is 7.89. The Morgan fingerprint density at radius 1 is 1.45 bits per heavy atom. The lowest BCUT2D eigenvalue weighted by atomic mass is 10.2. The van der Waals surface area contributed by atoms with E-state index in [1.165, 1.54) is 49.6 Å². The molecular weight excluding hydrogens is 306 g/mol. The number of carboxylic acid groups (broad SMARTS) is 1. The molecule has 0 saturated heterocycles. The Balaban J connectivity index is 1.93. The molecule has 0 atom stereocenters. The van der Waals surface area contributed by atoms with Gasteiger partial charge in [-0.25, -0.2) is 17.9 Å². The van der Waals surface area contributed by atoms with Gasteiger partial charge < -0.3 is 14.6 Å². The first kappa shape index (κ1) is 17.0. The van der Waals surface area contributed by atoms with Gasteiger partial charge in [0.05, 0.1) is 0 Å². The number of carbonyl (C=O) groups is 1. The third-order valence-corrected chi connectivity index (χ3v) is 5.64. The molecule has 1 aliphatic rings. The Bertz CT molecular complexity index is 633. The summed E-state index contributed by atoms with van der Waals surface area (Å²) < 4.78 is 28.2. The smallest absolute Gasteiger partial charge is 0.352 e. The van der Waals surface area contributed by atoms with E-state index in [0.717, 1.165) is 0 Å². The number of carboxylic acids is 1. The second-order valence-corrected chi connectivity index (χ2v) is 7.56. The summed E-state index contributed by atoms with van der Waals surface area (Å²) in [6.07, 6.45) is 6.13. The summed E-state index contributed by atoms with van der Waals surface area (Å²) in [5, 5.41) is 8.97. The fourth-order valence-corrected chi connectivity index (χ4v) is 3.95. The molecule has 0 aliphatic heterocycles. The average Bonchev–Trinajstić information content (AvgIpc) is 3.07. The summed E-state index contributed by atoms with van der Waals surface area (Å²) in [5.41, 5.74) is -0.0524. The zero-order valence-electron chi connectivity index (χ0n) is 12.9. The van der Waals surface area contributed by atoms with Gasteiger partial charge in [0, 0.05) is 32.4 Å². The van der Waals surface area contributed by atoms with Gasteiger partial charge in [-0.3, -0.25) is 0 Å². The Morgan fingerprint density at radius 2 is 2.09 bits per heavy atom. The van der Waals surface area contributed by atoms with Gasteiger partial charge in [0.25, 0.3) is 0 Å². The van der Waals surface area contributed by atoms with Crippen molar-refractivity contribution in [3.8, 4) is 0 Å². The molecule has 0 aromatic carbocycles. The molecule has 1 fully saturated rings. The number of nitrogens with zero attached hydrogens (tertiary/aromatic N) is 2. The lowest BCUT2D eigenvalue weighted by Crippen LogP contribution is -2.37. The maximum Gasteiger partial charge on any atom is 0.352 e. The SMILES string of the molecule is CN(CCNS(=O)(=O)c1cc(C(=O)O)n(C)c1)C1CCCC1. The molecule has 0 unspecified atom stereocenters. The van der Waals surface area contributed by atoms with Crippen LogP contribution in [0.2, 0.25) is 0 Å². The first-order chi connectivity index (χ1) is 10.3. The normalized spacial score (nSPS) is 16.5. The van der Waals surface area contributed by atoms with E-state index in [0.29, 0.717) is 19.1 Å². The number of aromatic carboxylic acids is 1. The number of aryl methyl sites for hydroxylation is 1. The number of nitrogens with one attached hydrogen (secondary N) is 1. The number of hydrogen-bond acceptors (Lipinski definition) is 4. The second-order valence-electron chi connectivity index (χ2n) is 5.79. The van der Waals surface area contributed by atoms with Crippen molar-refractivity contribution in [1.29, 1.82) is 0 Å². The Kier molecular flexibility index (Phi) is 5.25. The molecule has 7 nitrogen and oxygen atoms in total. The van der Waals surface area contributed by atoms with E-state index in [4.69, 9.17) is 5.11 Å². The van der Waals surface area contributed by atoms with Crippen LogP contribution in [0.25, 0.3) is 0 Å². The molecule has 8 heteroatoms. The number of hydrogen-bond donors (Lipinski definition) is 2. The maximum absolute atomic E-state index is 12.2. The second kappa shape index (κ2) is 6.80. The Morgan fingerprint density at radius 3 is 2.64 bits per heavy atom. The van der Waals surface area contributed by atoms with Crippen molar-refractivity contribution in [1.82, 2.24) is 14.2 Å². The van der Waals surface area contributed by atoms with Crippen molar-refractivity contribution in [3.05, 3.63) is 18.0 Å². The maximum atomic E-state index is 12.2. The first-order valence-electron chi connectivity index (χ1n) is 7.41. The predicted molar refractivity (Wildman–Crippen MR) is 82.4 cm³/mol. The molecule has 1 aromatic rings. The summed E-state index contributed by atoms with van der Waals surface area (Å²) in [7, 11) is -0.156. The molecule has 0 spiro atoms. The summed E-state index contributed by atoms with van der Waals surface area (Å²) in [5.74, 6) is -1.15. The Labute approximate surface area is 131 Å². The molecule has 0 radical (unpaired) electrons. The molecule has 124 valence electrons. The van der Waals surface area contributed by atoms with Gasteiger partial charge in [-0.15, -0.1) is 0 Å². The van der Waals surface area contributed by atoms with E-state index in [9.17, 15) is 13.2 Å². The van der Waals surface area contributed by atoms with Gasteiger partial charge in [-0.05, 0) is 26.0 Å². The molecule has 1 heterocycles. The molecule has 0 amide bonds. The van der Waals surface area contributed by atoms with Crippen LogP contribution < -0.4 is 4.72 Å². The third-order valence-electron chi connectivity index (χ3n) is 4.21. The standard InChI is InChI=1S/C14H23N3O4S/c1-16(11-5-3-4-6-11)8-7-15-22(20,21)12-9-13(14(18)19)17(2)10-12/h9-11,15H,3-8H2,1-2H3,(H,18,19). The van der Waals surface area contributed by atoms with Crippen LogP contribution in [-0.2, 0) is 17.1 Å². The molecule has 0 bridgehead atoms. The van der Waals surface area contributed by atoms with E-state index >= 15 is 0 Å². The highest BCUT2D eigenvalue weighted by Crippen LogP contribution is 2.22. The molecule has 1 aromatic heterocycles. The van der Waals surface area contributed by atoms with Crippen LogP contribution in [0.5, 0.6) is 0 Å². The molecule has 2 N–H and O–H groups in total. The molecule has 22 heavy (non-hydrogen) atoms. The molecule has 1 saturated carbocycles. The number of rotatable bonds is 7. The molecule has 2 rings (SSSR count). The zero-order chi connectivity index (χ0) is 16.3. The van der Waals surface area contributed by atoms with Gasteiger partial charge in [0.1, 0.15) is 10.6 Å². The largest absolute Gasteiger partial charge is 0.477 e. The average molecular weight is 329 g/mol. The van der Waals surface area contributed by atoms with Gasteiger partial charge in [0.2, 0.25) is 10.0 Å². The fourth-order valence-electron chi connectivity index (χ4n) is 2.86. The molecular formula is C14H23N3O4S. The van der Waals surface area contributed by atoms with E-state index in [1.807, 2.05) is 7.05 Å². The molecule has 1 aliphatic carbocycles. The summed E-state index contributed by atoms with van der Waals surface area (Å²) in [6.45, 7) is 0.954. The highest BCUT2D eigenvalue weighted by Gasteiger charge is 2.22. The number of likely N-dealkylation sites (N-methyl/N-ethyl adjacent to an activating group) is 1. The van der Waals surface area contributed by atoms with Crippen LogP contribution in [0.3, 0.4) is 0 Å². The van der Waals surface area contributed by atoms with Crippen LogP contribution in [0, 0.1) is 0 Å². The van der Waals surface area contributed by atoms with Crippen molar-refractivity contribution in [3.63, 3.8) is 0 Å². The van der Waals surface area contributed by atoms with Crippen molar-refractivity contribution < 1.29 is 18.3 Å². The van der Waals surface area contributed by atoms with Gasteiger partial charge in [-0.1, -0.05) is 12.8 Å². The minimum absolute atomic E-state index is 0.0177. The van der Waals surface area contributed by atoms with Crippen molar-refractivity contribution >= 4 is 16.0 Å². The minimum atomic E-state index is -3.68. The van der Waals surface area contributed by atoms with Crippen molar-refractivity contribution in [2.24, 2.45) is 7.05 Å². The van der Waals surface area contributed by atoms with Crippen LogP contribution >= 0.6 is 0 Å². The summed E-state index contributed by atoms with van der Waals surface area (Å²) in [6, 6.07) is 1.71. The first-order valence-corrected chi connectivity index (χ1v) is 8.89. The highest BCUT2D eigenvalue weighted by atomic mass is 32.2. The summed E-state index contributed by atoms with van der Waals surface area (Å²) in [4.78, 5) is 13.1. The number of aromatic nitrogens is 1. The third kappa shape index (κ3) is 3.88. The van der Waals surface area contributed by atoms with Crippen LogP contribution in [0.1, 0.15) is 36.2 Å². The van der Waals surface area contributed by atoms with E-state index in [-0.39, 0.29) is 10.6 Å². The zero-order valence-corrected chi connectivity index (χ0v) is 13.8. The van der Waals surface area contributed by atoms with Gasteiger partial charge >= 0.3 is 5.97 Å². The fraction of sp³-hybridized carbons (Fsp3) is 0.643. The van der Waals surface area contributed by atoms with E-state index in [2.05, 4.69) is 9.62 Å². The monoisotopic (exact) mass is 329 g/mol. The van der Waals surface area contributed by atoms with Gasteiger partial charge in [0.15, 0.2) is 0 Å². The quantitative estimate of drug-likeness (QED) is 0.775. The predicted octanol–water partition coefficient (Wildman–Crippen LogP) is 0.876. The van der Waals surface area contributed by atoms with Crippen LogP contribution in [0.15, 0.2) is 17.2 Å². The minimum Gasteiger partial charge on any atom is -0.477 e. The lowest BCUT2D eigenvalue weighted by Gasteiger charge is -2.23. The summed E-state index contributed by atoms with van der Waals surface area (Å²) >= 11 is 0. The Hall–Kier alpha value is -1.38. The van der Waals surface area contributed by atoms with Crippen LogP contribution in [0.4, 0.5) is 0 Å². The van der Waals surface area contributed by atoms with Crippen molar-refractivity contribution in [2.75, 3.05) is 20.1 Å². The lowest BCUT2D eigenvalue weighted by molar-refractivity contribution is 0.0686. The topological polar surface area (TPSA) is 91.6 Å². The van der Waals surface area contributed by atoms with Gasteiger partial charge in [-0.2, -0.15) is 0 Å². The van der Waals surface area contributed by atoms with Crippen molar-refractivity contribution in [2.45, 2.75) is 36.6 Å². The number of sulfonamides is 1. The van der Waals surface area contributed by atoms with E-state index < -0.39 is 16.0 Å². The van der Waals surface area contributed by atoms with E-state index in [1.54, 1.807) is 0 Å².